The quantitative estimate of drug-likeness (QED) is 0.856. The van der Waals surface area contributed by atoms with Crippen LogP contribution in [0.5, 0.6) is 5.75 Å². The molecule has 0 unspecified atom stereocenters. The van der Waals surface area contributed by atoms with E-state index in [1.165, 1.54) is 36.2 Å². The van der Waals surface area contributed by atoms with Crippen molar-refractivity contribution < 1.29 is 4.74 Å². The molecule has 0 radical (unpaired) electrons. The Kier molecular flexibility index (Phi) is 4.52. The lowest BCUT2D eigenvalue weighted by Gasteiger charge is -2.31. The van der Waals surface area contributed by atoms with Crippen molar-refractivity contribution in [2.45, 2.75) is 25.7 Å². The standard InChI is InChI=1S/C19H24N2O/c1-22-19-11-10-15(14-17(19)20)6-4-12-21-13-5-8-16-7-2-3-9-18(16)21/h2-3,7,9-11,14H,4-6,8,12-13,20H2,1H3. The first kappa shape index (κ1) is 14.8. The van der Waals surface area contributed by atoms with Gasteiger partial charge in [0.05, 0.1) is 12.8 Å². The molecule has 2 aromatic carbocycles. The number of methoxy groups -OCH3 is 1. The molecular weight excluding hydrogens is 272 g/mol. The molecule has 3 rings (SSSR count). The molecule has 1 aliphatic heterocycles. The SMILES string of the molecule is COc1ccc(CCCN2CCCc3ccccc32)cc1N. The number of hydrogen-bond acceptors (Lipinski definition) is 3. The molecule has 1 aliphatic rings. The average Bonchev–Trinajstić information content (AvgIpc) is 2.55. The van der Waals surface area contributed by atoms with Gasteiger partial charge in [0.15, 0.2) is 0 Å². The third-order valence-electron chi connectivity index (χ3n) is 4.39. The number of para-hydroxylation sites is 1. The van der Waals surface area contributed by atoms with E-state index in [2.05, 4.69) is 35.2 Å². The van der Waals surface area contributed by atoms with E-state index >= 15 is 0 Å². The molecular formula is C19H24N2O. The van der Waals surface area contributed by atoms with Gasteiger partial charge in [-0.05, 0) is 55.0 Å². The van der Waals surface area contributed by atoms with E-state index in [1.54, 1.807) is 7.11 Å². The zero-order valence-electron chi connectivity index (χ0n) is 13.2. The number of rotatable bonds is 5. The molecule has 0 spiro atoms. The Balaban J connectivity index is 1.59. The monoisotopic (exact) mass is 296 g/mol. The topological polar surface area (TPSA) is 38.5 Å². The van der Waals surface area contributed by atoms with Gasteiger partial charge in [0.2, 0.25) is 0 Å². The molecule has 0 aromatic heterocycles. The van der Waals surface area contributed by atoms with E-state index in [4.69, 9.17) is 10.5 Å². The maximum atomic E-state index is 5.97. The molecule has 0 saturated heterocycles. The van der Waals surface area contributed by atoms with Gasteiger partial charge in [-0.25, -0.2) is 0 Å². The summed E-state index contributed by atoms with van der Waals surface area (Å²) in [5.74, 6) is 0.758. The van der Waals surface area contributed by atoms with Gasteiger partial charge in [0.25, 0.3) is 0 Å². The van der Waals surface area contributed by atoms with Crippen molar-refractivity contribution in [2.24, 2.45) is 0 Å². The molecule has 22 heavy (non-hydrogen) atoms. The molecule has 3 nitrogen and oxygen atoms in total. The fourth-order valence-electron chi connectivity index (χ4n) is 3.26. The van der Waals surface area contributed by atoms with Gasteiger partial charge in [-0.15, -0.1) is 0 Å². The van der Waals surface area contributed by atoms with Crippen molar-refractivity contribution in [2.75, 3.05) is 30.8 Å². The smallest absolute Gasteiger partial charge is 0.141 e. The number of aryl methyl sites for hydroxylation is 2. The van der Waals surface area contributed by atoms with Crippen LogP contribution in [-0.4, -0.2) is 20.2 Å². The number of nitrogens with zero attached hydrogens (tertiary/aromatic N) is 1. The molecule has 2 N–H and O–H groups in total. The lowest BCUT2D eigenvalue weighted by molar-refractivity contribution is 0.417. The van der Waals surface area contributed by atoms with Crippen molar-refractivity contribution in [3.05, 3.63) is 53.6 Å². The number of ether oxygens (including phenoxy) is 1. The zero-order valence-corrected chi connectivity index (χ0v) is 13.2. The molecule has 0 saturated carbocycles. The third-order valence-corrected chi connectivity index (χ3v) is 4.39. The van der Waals surface area contributed by atoms with Crippen LogP contribution < -0.4 is 15.4 Å². The summed E-state index contributed by atoms with van der Waals surface area (Å²) in [6.07, 6.45) is 4.65. The maximum absolute atomic E-state index is 5.97. The summed E-state index contributed by atoms with van der Waals surface area (Å²) in [7, 11) is 1.65. The van der Waals surface area contributed by atoms with Gasteiger partial charge in [0, 0.05) is 18.8 Å². The molecule has 3 heteroatoms. The summed E-state index contributed by atoms with van der Waals surface area (Å²) >= 11 is 0. The Labute approximate surface area is 132 Å². The number of benzene rings is 2. The van der Waals surface area contributed by atoms with Crippen molar-refractivity contribution in [3.8, 4) is 5.75 Å². The van der Waals surface area contributed by atoms with E-state index in [0.717, 1.165) is 30.8 Å². The predicted octanol–water partition coefficient (Wildman–Crippen LogP) is 3.66. The van der Waals surface area contributed by atoms with Gasteiger partial charge in [-0.3, -0.25) is 0 Å². The summed E-state index contributed by atoms with van der Waals surface area (Å²) in [6.45, 7) is 2.27. The van der Waals surface area contributed by atoms with Crippen LogP contribution in [-0.2, 0) is 12.8 Å². The molecule has 1 heterocycles. The predicted molar refractivity (Wildman–Crippen MR) is 92.7 cm³/mol. The molecule has 0 amide bonds. The Morgan fingerprint density at radius 3 is 2.86 bits per heavy atom. The van der Waals surface area contributed by atoms with E-state index < -0.39 is 0 Å². The minimum atomic E-state index is 0.725. The van der Waals surface area contributed by atoms with Crippen LogP contribution in [0.15, 0.2) is 42.5 Å². The molecule has 0 bridgehead atoms. The van der Waals surface area contributed by atoms with Gasteiger partial charge < -0.3 is 15.4 Å². The first-order valence-electron chi connectivity index (χ1n) is 8.03. The van der Waals surface area contributed by atoms with Gasteiger partial charge in [0.1, 0.15) is 5.75 Å². The number of nitrogen functional groups attached to an aromatic ring is 1. The van der Waals surface area contributed by atoms with E-state index in [0.29, 0.717) is 0 Å². The number of fused-ring (bicyclic) bond motifs is 1. The summed E-state index contributed by atoms with van der Waals surface area (Å²) in [5, 5.41) is 0. The Hall–Kier alpha value is -2.16. The highest BCUT2D eigenvalue weighted by atomic mass is 16.5. The summed E-state index contributed by atoms with van der Waals surface area (Å²) in [4.78, 5) is 2.52. The summed E-state index contributed by atoms with van der Waals surface area (Å²) in [5.41, 5.74) is 10.9. The summed E-state index contributed by atoms with van der Waals surface area (Å²) < 4.78 is 5.21. The lowest BCUT2D eigenvalue weighted by atomic mass is 10.0. The minimum Gasteiger partial charge on any atom is -0.495 e. The van der Waals surface area contributed by atoms with Gasteiger partial charge in [-0.1, -0.05) is 24.3 Å². The zero-order chi connectivity index (χ0) is 15.4. The number of hydrogen-bond donors (Lipinski definition) is 1. The Morgan fingerprint density at radius 1 is 1.18 bits per heavy atom. The van der Waals surface area contributed by atoms with Crippen LogP contribution in [0.3, 0.4) is 0 Å². The lowest BCUT2D eigenvalue weighted by Crippen LogP contribution is -2.30. The fraction of sp³-hybridized carbons (Fsp3) is 0.368. The molecule has 0 aliphatic carbocycles. The average molecular weight is 296 g/mol. The van der Waals surface area contributed by atoms with Crippen LogP contribution in [0.1, 0.15) is 24.0 Å². The second-order valence-corrected chi connectivity index (χ2v) is 5.90. The highest BCUT2D eigenvalue weighted by molar-refractivity contribution is 5.56. The van der Waals surface area contributed by atoms with E-state index in [-0.39, 0.29) is 0 Å². The summed E-state index contributed by atoms with van der Waals surface area (Å²) in [6, 6.07) is 14.9. The second kappa shape index (κ2) is 6.73. The molecule has 0 atom stereocenters. The van der Waals surface area contributed by atoms with Gasteiger partial charge >= 0.3 is 0 Å². The normalized spacial score (nSPS) is 13.8. The highest BCUT2D eigenvalue weighted by Crippen LogP contribution is 2.27. The van der Waals surface area contributed by atoms with Crippen molar-refractivity contribution >= 4 is 11.4 Å². The van der Waals surface area contributed by atoms with Crippen LogP contribution in [0.25, 0.3) is 0 Å². The van der Waals surface area contributed by atoms with Crippen molar-refractivity contribution in [1.82, 2.24) is 0 Å². The maximum Gasteiger partial charge on any atom is 0.141 e. The first-order valence-corrected chi connectivity index (χ1v) is 8.03. The Morgan fingerprint density at radius 2 is 2.05 bits per heavy atom. The fourth-order valence-corrected chi connectivity index (χ4v) is 3.26. The number of nitrogens with two attached hydrogens (primary N) is 1. The Bertz CT molecular complexity index is 639. The molecule has 2 aromatic rings. The van der Waals surface area contributed by atoms with Crippen LogP contribution in [0.4, 0.5) is 11.4 Å². The largest absolute Gasteiger partial charge is 0.495 e. The van der Waals surface area contributed by atoms with Crippen LogP contribution in [0, 0.1) is 0 Å². The van der Waals surface area contributed by atoms with E-state index in [1.807, 2.05) is 12.1 Å². The van der Waals surface area contributed by atoms with Crippen LogP contribution in [0.2, 0.25) is 0 Å². The number of anilines is 2. The van der Waals surface area contributed by atoms with Crippen molar-refractivity contribution in [1.29, 1.82) is 0 Å². The van der Waals surface area contributed by atoms with Crippen molar-refractivity contribution in [3.63, 3.8) is 0 Å². The third kappa shape index (κ3) is 3.19. The minimum absolute atomic E-state index is 0.725. The van der Waals surface area contributed by atoms with E-state index in [9.17, 15) is 0 Å². The molecule has 116 valence electrons. The van der Waals surface area contributed by atoms with Crippen LogP contribution >= 0.6 is 0 Å². The second-order valence-electron chi connectivity index (χ2n) is 5.90. The molecule has 0 fully saturated rings. The first-order chi connectivity index (χ1) is 10.8. The van der Waals surface area contributed by atoms with Gasteiger partial charge in [-0.2, -0.15) is 0 Å². The highest BCUT2D eigenvalue weighted by Gasteiger charge is 2.15.